The summed E-state index contributed by atoms with van der Waals surface area (Å²) in [4.78, 5) is 29.2. The van der Waals surface area contributed by atoms with E-state index in [1.165, 1.54) is 12.1 Å². The number of carbonyl (C=O) groups excluding carboxylic acids is 1. The van der Waals surface area contributed by atoms with Gasteiger partial charge in [0.2, 0.25) is 0 Å². The number of pyridine rings is 1. The summed E-state index contributed by atoms with van der Waals surface area (Å²) in [5, 5.41) is 19.3. The molecule has 0 spiro atoms. The van der Waals surface area contributed by atoms with Gasteiger partial charge < -0.3 is 10.1 Å². The van der Waals surface area contributed by atoms with Gasteiger partial charge in [-0.3, -0.25) is 19.6 Å². The maximum absolute atomic E-state index is 13.6. The van der Waals surface area contributed by atoms with E-state index in [0.717, 1.165) is 47.3 Å². The van der Waals surface area contributed by atoms with Crippen molar-refractivity contribution >= 4 is 28.2 Å². The normalized spacial score (nSPS) is 11.5. The molecule has 0 saturated carbocycles. The molecule has 0 radical (unpaired) electrons. The molecule has 5 rings (SSSR count). The molecule has 0 fully saturated rings. The van der Waals surface area contributed by atoms with E-state index in [1.54, 1.807) is 35.0 Å². The third-order valence-electron chi connectivity index (χ3n) is 6.48. The van der Waals surface area contributed by atoms with Crippen LogP contribution in [0, 0.1) is 24.0 Å². The number of nitro groups is 1. The van der Waals surface area contributed by atoms with Crippen LogP contribution >= 0.6 is 0 Å². The molecule has 2 aromatic heterocycles. The van der Waals surface area contributed by atoms with Gasteiger partial charge in [-0.2, -0.15) is 18.3 Å². The summed E-state index contributed by atoms with van der Waals surface area (Å²) < 4.78 is 46.7. The fourth-order valence-electron chi connectivity index (χ4n) is 4.53. The summed E-state index contributed by atoms with van der Waals surface area (Å²) >= 11 is 0. The van der Waals surface area contributed by atoms with Crippen LogP contribution in [0.5, 0.6) is 11.5 Å². The van der Waals surface area contributed by atoms with E-state index in [2.05, 4.69) is 10.4 Å². The van der Waals surface area contributed by atoms with E-state index in [4.69, 9.17) is 9.72 Å². The van der Waals surface area contributed by atoms with Crippen molar-refractivity contribution in [2.45, 2.75) is 20.0 Å². The number of anilines is 1. The number of nitro benzene ring substituents is 1. The van der Waals surface area contributed by atoms with Crippen molar-refractivity contribution in [3.8, 4) is 22.8 Å². The number of carbonyl (C=O) groups is 1. The molecule has 208 valence electrons. The molecule has 2 heterocycles. The van der Waals surface area contributed by atoms with Gasteiger partial charge in [0, 0.05) is 35.8 Å². The number of hydrogen-bond donors (Lipinski definition) is 1. The van der Waals surface area contributed by atoms with Gasteiger partial charge in [0.1, 0.15) is 11.5 Å². The largest absolute Gasteiger partial charge is 0.457 e. The van der Waals surface area contributed by atoms with Gasteiger partial charge in [-0.15, -0.1) is 0 Å². The molecule has 0 saturated heterocycles. The zero-order chi connectivity index (χ0) is 29.5. The van der Waals surface area contributed by atoms with Crippen LogP contribution in [0.2, 0.25) is 0 Å². The number of amides is 1. The average molecular weight is 562 g/mol. The fourth-order valence-corrected chi connectivity index (χ4v) is 4.53. The van der Waals surface area contributed by atoms with Gasteiger partial charge in [0.05, 0.1) is 44.7 Å². The number of non-ortho nitro benzene ring substituents is 1. The molecular weight excluding hydrogens is 539 g/mol. The highest BCUT2D eigenvalue weighted by Crippen LogP contribution is 2.35. The second kappa shape index (κ2) is 10.4. The highest BCUT2D eigenvalue weighted by molar-refractivity contribution is 6.13. The lowest BCUT2D eigenvalue weighted by Crippen LogP contribution is -2.13. The molecule has 1 N–H and O–H groups in total. The van der Waals surface area contributed by atoms with E-state index in [0.29, 0.717) is 16.6 Å². The van der Waals surface area contributed by atoms with Crippen LogP contribution in [0.4, 0.5) is 24.5 Å². The number of aryl methyl sites for hydroxylation is 2. The number of ether oxygens (including phenoxy) is 1. The minimum absolute atomic E-state index is 0.0161. The average Bonchev–Trinajstić information content (AvgIpc) is 3.18. The molecule has 0 atom stereocenters. The Kier molecular flexibility index (Phi) is 6.91. The fraction of sp³-hybridized carbons (Fsp3) is 0.138. The van der Waals surface area contributed by atoms with Gasteiger partial charge in [-0.1, -0.05) is 24.3 Å². The zero-order valence-corrected chi connectivity index (χ0v) is 22.0. The van der Waals surface area contributed by atoms with Crippen molar-refractivity contribution in [1.29, 1.82) is 0 Å². The van der Waals surface area contributed by atoms with Gasteiger partial charge >= 0.3 is 6.18 Å². The molecule has 0 aliphatic rings. The number of para-hydroxylation sites is 1. The maximum atomic E-state index is 13.6. The molecule has 0 aliphatic heterocycles. The number of benzene rings is 3. The third-order valence-corrected chi connectivity index (χ3v) is 6.48. The molecule has 41 heavy (non-hydrogen) atoms. The molecular formula is C29H22F3N5O4. The first-order chi connectivity index (χ1) is 19.4. The predicted octanol–water partition coefficient (Wildman–Crippen LogP) is 7.22. The number of alkyl halides is 3. The summed E-state index contributed by atoms with van der Waals surface area (Å²) in [6.07, 6.45) is -4.60. The minimum Gasteiger partial charge on any atom is -0.457 e. The molecule has 3 aromatic carbocycles. The first-order valence-electron chi connectivity index (χ1n) is 12.3. The number of rotatable bonds is 6. The predicted molar refractivity (Wildman–Crippen MR) is 146 cm³/mol. The maximum Gasteiger partial charge on any atom is 0.416 e. The van der Waals surface area contributed by atoms with E-state index in [-0.39, 0.29) is 22.7 Å². The van der Waals surface area contributed by atoms with Gasteiger partial charge in [-0.05, 0) is 44.2 Å². The summed E-state index contributed by atoms with van der Waals surface area (Å²) in [6, 6.07) is 16.3. The number of nitrogens with one attached hydrogen (secondary N) is 1. The Bertz CT molecular complexity index is 1830. The molecule has 0 unspecified atom stereocenters. The van der Waals surface area contributed by atoms with Crippen LogP contribution in [0.1, 0.15) is 27.3 Å². The quantitative estimate of drug-likeness (QED) is 0.173. The number of hydrogen-bond acceptors (Lipinski definition) is 6. The van der Waals surface area contributed by atoms with Gasteiger partial charge in [0.25, 0.3) is 11.6 Å². The van der Waals surface area contributed by atoms with Crippen LogP contribution in [-0.2, 0) is 13.2 Å². The Hall–Kier alpha value is -5.26. The lowest BCUT2D eigenvalue weighted by Gasteiger charge is -2.13. The lowest BCUT2D eigenvalue weighted by atomic mass is 10.0. The SMILES string of the molecule is Cc1nn(C)c(C)c1-c1cc(C(=O)Nc2cc(Oc3cccc(C(F)(F)F)c3)cc([N+](=O)[O-])c2)c2ccccc2n1. The Morgan fingerprint density at radius 2 is 1.76 bits per heavy atom. The van der Waals surface area contributed by atoms with Crippen molar-refractivity contribution in [2.75, 3.05) is 5.32 Å². The highest BCUT2D eigenvalue weighted by Gasteiger charge is 2.30. The Labute approximate surface area is 231 Å². The number of aromatic nitrogens is 3. The van der Waals surface area contributed by atoms with E-state index in [9.17, 15) is 28.1 Å². The summed E-state index contributed by atoms with van der Waals surface area (Å²) in [7, 11) is 1.81. The Morgan fingerprint density at radius 1 is 1.00 bits per heavy atom. The number of halogens is 3. The highest BCUT2D eigenvalue weighted by atomic mass is 19.4. The molecule has 9 nitrogen and oxygen atoms in total. The molecule has 5 aromatic rings. The lowest BCUT2D eigenvalue weighted by molar-refractivity contribution is -0.384. The molecule has 12 heteroatoms. The van der Waals surface area contributed by atoms with Crippen LogP contribution < -0.4 is 10.1 Å². The van der Waals surface area contributed by atoms with Crippen LogP contribution in [0.3, 0.4) is 0 Å². The topological polar surface area (TPSA) is 112 Å². The van der Waals surface area contributed by atoms with E-state index in [1.807, 2.05) is 20.9 Å². The second-order valence-corrected chi connectivity index (χ2v) is 9.30. The van der Waals surface area contributed by atoms with Crippen LogP contribution in [-0.4, -0.2) is 25.6 Å². The van der Waals surface area contributed by atoms with Crippen molar-refractivity contribution in [3.05, 3.63) is 105 Å². The van der Waals surface area contributed by atoms with E-state index < -0.39 is 28.3 Å². The second-order valence-electron chi connectivity index (χ2n) is 9.30. The van der Waals surface area contributed by atoms with Gasteiger partial charge in [-0.25, -0.2) is 4.98 Å². The molecule has 1 amide bonds. The minimum atomic E-state index is -4.60. The third kappa shape index (κ3) is 5.57. The van der Waals surface area contributed by atoms with E-state index >= 15 is 0 Å². The standard InChI is InChI=1S/C29H22F3N5O4/c1-16-27(17(2)36(3)35-16)26-15-24(23-9-4-5-10-25(23)34-26)28(38)33-19-12-20(37(39)40)14-22(13-19)41-21-8-6-7-18(11-21)29(30,31)32/h4-15H,1-3H3,(H,33,38). The van der Waals surface area contributed by atoms with Crippen LogP contribution in [0.15, 0.2) is 72.8 Å². The molecule has 0 bridgehead atoms. The van der Waals surface area contributed by atoms with Crippen molar-refractivity contribution in [3.63, 3.8) is 0 Å². The first kappa shape index (κ1) is 27.3. The van der Waals surface area contributed by atoms with Crippen LogP contribution in [0.25, 0.3) is 22.2 Å². The monoisotopic (exact) mass is 561 g/mol. The van der Waals surface area contributed by atoms with Crippen molar-refractivity contribution in [1.82, 2.24) is 14.8 Å². The Balaban J connectivity index is 1.53. The Morgan fingerprint density at radius 3 is 2.44 bits per heavy atom. The number of nitrogens with zero attached hydrogens (tertiary/aromatic N) is 4. The summed E-state index contributed by atoms with van der Waals surface area (Å²) in [5.41, 5.74) is 2.37. The van der Waals surface area contributed by atoms with Crippen molar-refractivity contribution < 1.29 is 27.6 Å². The van der Waals surface area contributed by atoms with Gasteiger partial charge in [0.15, 0.2) is 0 Å². The zero-order valence-electron chi connectivity index (χ0n) is 22.0. The smallest absolute Gasteiger partial charge is 0.416 e. The number of fused-ring (bicyclic) bond motifs is 1. The molecule has 0 aliphatic carbocycles. The first-order valence-corrected chi connectivity index (χ1v) is 12.3. The summed E-state index contributed by atoms with van der Waals surface area (Å²) in [6.45, 7) is 3.73. The summed E-state index contributed by atoms with van der Waals surface area (Å²) in [5.74, 6) is -0.880. The van der Waals surface area contributed by atoms with Crippen molar-refractivity contribution in [2.24, 2.45) is 7.05 Å².